The van der Waals surface area contributed by atoms with Gasteiger partial charge in [-0.2, -0.15) is 0 Å². The number of carboxylic acids is 2. The average molecular weight is 2160 g/mol. The summed E-state index contributed by atoms with van der Waals surface area (Å²) >= 11 is 0. The van der Waals surface area contributed by atoms with Crippen LogP contribution in [0, 0.1) is 11.8 Å². The molecule has 35 N–H and O–H groups in total. The molecule has 56 atom stereocenters. The Hall–Kier alpha value is -5.18. The number of carbonyl (C=O) groups excluding carboxylic acids is 4. The molecule has 0 radical (unpaired) electrons. The number of aliphatic carboxylic acids is 2. The Bertz CT molecular complexity index is 4160. The van der Waals surface area contributed by atoms with Crippen LogP contribution in [0.25, 0.3) is 0 Å². The van der Waals surface area contributed by atoms with Gasteiger partial charge in [0.1, 0.15) is 226 Å². The molecule has 11 aliphatic rings. The third-order valence-corrected chi connectivity index (χ3v) is 28.3. The van der Waals surface area contributed by atoms with Crippen molar-refractivity contribution in [3.05, 3.63) is 0 Å². The first-order valence-corrected chi connectivity index (χ1v) is 48.4. The molecule has 4 amide bonds. The van der Waals surface area contributed by atoms with E-state index in [-0.39, 0.29) is 19.3 Å². The fraction of sp³-hybridized carbons (Fsp3) is 0.930. The van der Waals surface area contributed by atoms with Crippen molar-refractivity contribution in [2.24, 2.45) is 11.8 Å². The Morgan fingerprint density at radius 2 is 0.628 bits per heavy atom. The molecule has 0 aromatic carbocycles. The van der Waals surface area contributed by atoms with E-state index in [9.17, 15) is 187 Å². The molecule has 62 heteroatoms. The van der Waals surface area contributed by atoms with Crippen molar-refractivity contribution >= 4 is 35.6 Å². The van der Waals surface area contributed by atoms with Crippen molar-refractivity contribution in [1.29, 1.82) is 0 Å². The molecule has 0 aromatic heterocycles. The number of hydrogen-bond acceptors (Lipinski definition) is 56. The Balaban J connectivity index is 0.886. The minimum atomic E-state index is -2.96. The maximum absolute atomic E-state index is 13.3. The van der Waals surface area contributed by atoms with Gasteiger partial charge in [0.15, 0.2) is 50.3 Å². The summed E-state index contributed by atoms with van der Waals surface area (Å²) in [5.41, 5.74) is 0. The highest BCUT2D eigenvalue weighted by molar-refractivity contribution is 5.77. The van der Waals surface area contributed by atoms with Crippen LogP contribution in [0.5, 0.6) is 0 Å². The molecule has 0 aromatic rings. The number of aliphatic hydroxyl groups is 29. The van der Waals surface area contributed by atoms with Crippen LogP contribution in [0.4, 0.5) is 0 Å². The molecule has 0 spiro atoms. The number of rotatable bonds is 44. The van der Waals surface area contributed by atoms with Gasteiger partial charge in [0.2, 0.25) is 23.6 Å². The summed E-state index contributed by atoms with van der Waals surface area (Å²) in [6.07, 6.45) is -103. The summed E-state index contributed by atoms with van der Waals surface area (Å²) in [6, 6.07) is -6.79. The number of nitrogens with one attached hydrogen (secondary N) is 4. The molecule has 11 fully saturated rings. The van der Waals surface area contributed by atoms with Crippen molar-refractivity contribution in [3.8, 4) is 0 Å². The first-order chi connectivity index (χ1) is 69.9. The van der Waals surface area contributed by atoms with Crippen LogP contribution in [0.15, 0.2) is 0 Å². The SMILES string of the molecule is CC[C@@H]1OC(CO)[C@@H](O[C@@H]2OC(CO)[C@@H](O[C@@H]3OC(CO[C@H]4OC(CO)[C@@H](O)[C@H](O)C4O[C@@H]4OC(CO)[C@@H](O[C@@H]5OC(CO[C@]6(C(=O)O)C[C@@H](O)[C@@H](CC)C([C@H](O)[C@H](O)CO)O6)[C@H](O)[C@H](O)C5O)[C@H](O)C4NC(C)=O)[C@@H](O)[C@H](O[C@@H]4OC(CO)[C@H](O)C(O)[C@@H]4O[C@@H]4OC(CO)[C@@H](O[C@@H]5OC(CO[C@]6(C(=O)O)C[C@@H](O)[C@@H](CC)C([C@H](O)[C@H](O)CO)O6)[C@H](O)[C@H](O)C5O)[C@H](O)C4NC(C)=O)C3O)[C@H](O)C2NC(C)=O)CC1NC(C)=O. The zero-order valence-corrected chi connectivity index (χ0v) is 81.1. The first-order valence-electron chi connectivity index (χ1n) is 48.4. The van der Waals surface area contributed by atoms with Crippen LogP contribution in [0.3, 0.4) is 0 Å². The average Bonchev–Trinajstić information content (AvgIpc) is 0.768. The number of hydrogen-bond donors (Lipinski definition) is 35. The van der Waals surface area contributed by atoms with E-state index in [1.807, 2.05) is 0 Å². The number of aliphatic hydroxyl groups excluding tert-OH is 29. The number of ether oxygens (including phenoxy) is 21. The maximum Gasteiger partial charge on any atom is 0.364 e. The number of amides is 4. The summed E-state index contributed by atoms with van der Waals surface area (Å²) < 4.78 is 127. The summed E-state index contributed by atoms with van der Waals surface area (Å²) in [5, 5.41) is 360. The quantitative estimate of drug-likeness (QED) is 0.0269. The van der Waals surface area contributed by atoms with E-state index in [0.29, 0.717) is 6.42 Å². The summed E-state index contributed by atoms with van der Waals surface area (Å²) in [4.78, 5) is 78.4. The molecule has 11 rings (SSSR count). The highest BCUT2D eigenvalue weighted by Gasteiger charge is 2.65. The zero-order chi connectivity index (χ0) is 109. The molecule has 856 valence electrons. The molecule has 62 nitrogen and oxygen atoms in total. The van der Waals surface area contributed by atoms with Gasteiger partial charge >= 0.3 is 11.9 Å². The van der Waals surface area contributed by atoms with Crippen molar-refractivity contribution < 1.29 is 287 Å². The second kappa shape index (κ2) is 53.7. The lowest BCUT2D eigenvalue weighted by Gasteiger charge is -2.51. The van der Waals surface area contributed by atoms with Gasteiger partial charge in [-0.3, -0.25) is 19.2 Å². The minimum absolute atomic E-state index is 0.00765. The first kappa shape index (κ1) is 123. The van der Waals surface area contributed by atoms with Crippen LogP contribution >= 0.6 is 0 Å². The molecule has 148 heavy (non-hydrogen) atoms. The molecule has 11 heterocycles. The molecule has 11 saturated heterocycles. The Kier molecular flexibility index (Phi) is 44.6. The van der Waals surface area contributed by atoms with Crippen LogP contribution in [-0.4, -0.2) is 597 Å². The van der Waals surface area contributed by atoms with Crippen molar-refractivity contribution in [2.45, 2.75) is 417 Å². The summed E-state index contributed by atoms with van der Waals surface area (Å²) in [5.74, 6) is -15.4. The molecular formula is C86H144N4O58. The molecular weight excluding hydrogens is 2020 g/mol. The minimum Gasteiger partial charge on any atom is -0.477 e. The fourth-order valence-electron chi connectivity index (χ4n) is 20.2. The summed E-state index contributed by atoms with van der Waals surface area (Å²) in [7, 11) is 0. The smallest absolute Gasteiger partial charge is 0.364 e. The normalized spacial score (nSPS) is 46.5. The van der Waals surface area contributed by atoms with E-state index < -0.39 is 463 Å². The van der Waals surface area contributed by atoms with Gasteiger partial charge in [-0.15, -0.1) is 0 Å². The van der Waals surface area contributed by atoms with Crippen molar-refractivity contribution in [2.75, 3.05) is 72.7 Å². The summed E-state index contributed by atoms with van der Waals surface area (Å²) in [6.45, 7) is -3.85. The Morgan fingerprint density at radius 3 is 0.973 bits per heavy atom. The van der Waals surface area contributed by atoms with Gasteiger partial charge in [0, 0.05) is 52.4 Å². The second-order valence-corrected chi connectivity index (χ2v) is 38.3. The lowest BCUT2D eigenvalue weighted by atomic mass is 9.82. The zero-order valence-electron chi connectivity index (χ0n) is 81.1. The third-order valence-electron chi connectivity index (χ3n) is 28.3. The van der Waals surface area contributed by atoms with Crippen molar-refractivity contribution in [1.82, 2.24) is 21.3 Å². The molecule has 20 unspecified atom stereocenters. The Morgan fingerprint density at radius 1 is 0.311 bits per heavy atom. The highest BCUT2D eigenvalue weighted by atomic mass is 16.8. The molecule has 0 saturated carbocycles. The van der Waals surface area contributed by atoms with Gasteiger partial charge in [-0.25, -0.2) is 9.59 Å². The maximum atomic E-state index is 13.3. The third kappa shape index (κ3) is 27.3. The largest absolute Gasteiger partial charge is 0.477 e. The number of carboxylic acid groups (broad SMARTS) is 2. The van der Waals surface area contributed by atoms with Gasteiger partial charge in [0.25, 0.3) is 11.6 Å². The van der Waals surface area contributed by atoms with E-state index in [4.69, 9.17) is 99.5 Å². The lowest BCUT2D eigenvalue weighted by Crippen LogP contribution is -2.70. The van der Waals surface area contributed by atoms with Gasteiger partial charge in [0.05, 0.1) is 115 Å². The predicted octanol–water partition coefficient (Wildman–Crippen LogP) is -20.2. The Labute approximate surface area is 842 Å². The second-order valence-electron chi connectivity index (χ2n) is 38.3. The lowest BCUT2D eigenvalue weighted by molar-refractivity contribution is -0.399. The van der Waals surface area contributed by atoms with E-state index in [0.717, 1.165) is 20.8 Å². The van der Waals surface area contributed by atoms with E-state index in [1.165, 1.54) is 20.8 Å². The predicted molar refractivity (Wildman–Crippen MR) is 465 cm³/mol. The molecule has 0 bridgehead atoms. The van der Waals surface area contributed by atoms with Crippen molar-refractivity contribution in [3.63, 3.8) is 0 Å². The standard InChI is InChI=1S/C86H144N4O58/c1-8-29-32(103)12-85(83(124)125,147-67(29)50(107)34(105)14-91)129-23-45-54(111)60(117)64(121)78(139-45)141-69-42(20-97)136-76(48(58(69)115)89-27(6)101)145-73-62(119)52(109)39(17-94)133-81(73)128-22-44-56(113)72(66(123)80(138-44)143-71-41(19-96)135-75(47(57(71)114)88-26(5)100)132-37-11-31(87-25(4)99)36(10-3)131-38(37)16-93)144-82-74(63(120)53(110)40(18-95)134-82)146-77-49(90-28(7)102)59(116)70(43(21-98)137-77)142-79-65(122)61(118)55(112)46(140-79)24-130-86(84(126)127)13-33(104)30(9-2)68(148-86)51(108)35(106)15-92/h29-82,91-98,103-123H,8-24H2,1-7H3,(H,87,99)(H,88,100)(H,89,101)(H,90,102)(H,124,125)(H,126,127)/t29-,30-,31?,32-,33-,34-,35-,36+,37+,38?,39?,40?,41?,42?,43?,44?,45?,46?,47?,48?,49?,50-,51-,52-,53+,54+,55+,56-,57-,58-,59-,60+,61+,62+,63?,64?,65?,66?,67?,68?,69-,70-,71-,72+,73?,74+,75-,76+,77+,78+,79+,80+,81+,82+,85-,86-/m1/s1. The van der Waals surface area contributed by atoms with E-state index in [1.54, 1.807) is 6.92 Å². The van der Waals surface area contributed by atoms with Gasteiger partial charge < -0.3 is 279 Å². The van der Waals surface area contributed by atoms with Gasteiger partial charge in [-0.05, 0) is 25.7 Å². The topological polar surface area (TPSA) is 972 Å². The molecule has 0 aliphatic carbocycles. The van der Waals surface area contributed by atoms with Crippen LogP contribution in [0.2, 0.25) is 0 Å². The van der Waals surface area contributed by atoms with E-state index >= 15 is 0 Å². The van der Waals surface area contributed by atoms with Crippen LogP contribution in [0.1, 0.15) is 87.0 Å². The van der Waals surface area contributed by atoms with Crippen LogP contribution < -0.4 is 21.3 Å². The number of carbonyl (C=O) groups is 6. The van der Waals surface area contributed by atoms with E-state index in [2.05, 4.69) is 21.3 Å². The van der Waals surface area contributed by atoms with Crippen LogP contribution in [-0.2, 0) is 128 Å². The monoisotopic (exact) mass is 2160 g/mol. The molecule has 11 aliphatic heterocycles. The highest BCUT2D eigenvalue weighted by Crippen LogP contribution is 2.45. The fourth-order valence-corrected chi connectivity index (χ4v) is 20.2. The van der Waals surface area contributed by atoms with Gasteiger partial charge in [-0.1, -0.05) is 20.8 Å².